The van der Waals surface area contributed by atoms with E-state index in [1.807, 2.05) is 36.4 Å². The van der Waals surface area contributed by atoms with Crippen molar-refractivity contribution in [3.05, 3.63) is 77.9 Å². The Balaban J connectivity index is 1.98. The first kappa shape index (κ1) is 12.1. The molecule has 1 aliphatic rings. The maximum Gasteiger partial charge on any atom is 0.160 e. The molecule has 3 rings (SSSR count). The Morgan fingerprint density at radius 2 is 1.53 bits per heavy atom. The summed E-state index contributed by atoms with van der Waals surface area (Å²) in [5.74, 6) is 0. The third kappa shape index (κ3) is 2.71. The molecular formula is C16H14N2S. The monoisotopic (exact) mass is 266 g/mol. The highest BCUT2D eigenvalue weighted by atomic mass is 32.2. The van der Waals surface area contributed by atoms with E-state index in [1.165, 1.54) is 5.56 Å². The summed E-state index contributed by atoms with van der Waals surface area (Å²) in [4.78, 5) is 4.45. The fourth-order valence-corrected chi connectivity index (χ4v) is 2.97. The lowest BCUT2D eigenvalue weighted by atomic mass is 10.1. The molecule has 2 N–H and O–H groups in total. The summed E-state index contributed by atoms with van der Waals surface area (Å²) in [6.45, 7) is 0. The first-order valence-electron chi connectivity index (χ1n) is 6.16. The average Bonchev–Trinajstić information content (AvgIpc) is 2.48. The number of thioether (sulfide) groups is 1. The summed E-state index contributed by atoms with van der Waals surface area (Å²) in [5.41, 5.74) is 9.26. The molecule has 0 spiro atoms. The smallest absolute Gasteiger partial charge is 0.160 e. The van der Waals surface area contributed by atoms with Crippen molar-refractivity contribution >= 4 is 22.6 Å². The molecule has 2 aromatic carbocycles. The van der Waals surface area contributed by atoms with Gasteiger partial charge in [-0.1, -0.05) is 72.4 Å². The molecule has 0 fully saturated rings. The number of nitrogens with two attached hydrogens (primary N) is 1. The average molecular weight is 266 g/mol. The van der Waals surface area contributed by atoms with Crippen LogP contribution in [-0.4, -0.2) is 5.17 Å². The van der Waals surface area contributed by atoms with Crippen LogP contribution in [0.1, 0.15) is 16.4 Å². The van der Waals surface area contributed by atoms with E-state index in [-0.39, 0.29) is 5.25 Å². The molecule has 2 aromatic rings. The van der Waals surface area contributed by atoms with Gasteiger partial charge in [0, 0.05) is 0 Å². The number of aliphatic imine (C=N–C) groups is 1. The predicted octanol–water partition coefficient (Wildman–Crippen LogP) is 3.83. The van der Waals surface area contributed by atoms with Crippen LogP contribution in [0.2, 0.25) is 0 Å². The Hall–Kier alpha value is -2.00. The van der Waals surface area contributed by atoms with Gasteiger partial charge in [0.25, 0.3) is 0 Å². The van der Waals surface area contributed by atoms with Crippen LogP contribution < -0.4 is 5.73 Å². The molecule has 0 bridgehead atoms. The first-order chi connectivity index (χ1) is 9.33. The van der Waals surface area contributed by atoms with Crippen LogP contribution >= 0.6 is 11.8 Å². The van der Waals surface area contributed by atoms with Crippen LogP contribution in [0.25, 0.3) is 5.70 Å². The first-order valence-corrected chi connectivity index (χ1v) is 7.04. The number of rotatable bonds is 2. The maximum absolute atomic E-state index is 5.96. The molecule has 2 nitrogen and oxygen atoms in total. The molecule has 19 heavy (non-hydrogen) atoms. The standard InChI is InChI=1S/C16H14N2S/c17-16-18-14(12-7-3-1-4-8-12)11-15(19-16)13-9-5-2-6-10-13/h1-11,15H,(H2,17,18)/t15-/m0/s1. The van der Waals surface area contributed by atoms with Crippen molar-refractivity contribution in [2.75, 3.05) is 0 Å². The van der Waals surface area contributed by atoms with Gasteiger partial charge in [-0.3, -0.25) is 0 Å². The van der Waals surface area contributed by atoms with E-state index < -0.39 is 0 Å². The number of hydrogen-bond donors (Lipinski definition) is 1. The Morgan fingerprint density at radius 1 is 0.895 bits per heavy atom. The van der Waals surface area contributed by atoms with Crippen LogP contribution in [0.15, 0.2) is 71.7 Å². The SMILES string of the molecule is NC1=NC(c2ccccc2)=C[C@@H](c2ccccc2)S1. The summed E-state index contributed by atoms with van der Waals surface area (Å²) in [5, 5.41) is 0.851. The molecule has 0 amide bonds. The Morgan fingerprint density at radius 3 is 2.21 bits per heavy atom. The molecule has 0 saturated carbocycles. The molecule has 0 saturated heterocycles. The number of nitrogens with zero attached hydrogens (tertiary/aromatic N) is 1. The second kappa shape index (κ2) is 5.33. The molecule has 1 heterocycles. The minimum absolute atomic E-state index is 0.230. The minimum atomic E-state index is 0.230. The van der Waals surface area contributed by atoms with Gasteiger partial charge < -0.3 is 5.73 Å². The quantitative estimate of drug-likeness (QED) is 0.897. The van der Waals surface area contributed by atoms with Crippen LogP contribution in [0.5, 0.6) is 0 Å². The van der Waals surface area contributed by atoms with E-state index in [9.17, 15) is 0 Å². The van der Waals surface area contributed by atoms with E-state index in [1.54, 1.807) is 11.8 Å². The Labute approximate surface area is 117 Å². The lowest BCUT2D eigenvalue weighted by Gasteiger charge is -2.18. The zero-order chi connectivity index (χ0) is 13.1. The van der Waals surface area contributed by atoms with Gasteiger partial charge in [0.2, 0.25) is 0 Å². The van der Waals surface area contributed by atoms with Gasteiger partial charge in [0.05, 0.1) is 10.9 Å². The summed E-state index contributed by atoms with van der Waals surface area (Å²) in [6, 6.07) is 20.5. The molecule has 0 unspecified atom stereocenters. The largest absolute Gasteiger partial charge is 0.378 e. The fraction of sp³-hybridized carbons (Fsp3) is 0.0625. The summed E-state index contributed by atoms with van der Waals surface area (Å²) in [7, 11) is 0. The van der Waals surface area contributed by atoms with Crippen molar-refractivity contribution in [3.63, 3.8) is 0 Å². The molecule has 0 aromatic heterocycles. The van der Waals surface area contributed by atoms with Gasteiger partial charge >= 0.3 is 0 Å². The molecule has 94 valence electrons. The molecule has 3 heteroatoms. The fourth-order valence-electron chi connectivity index (χ4n) is 2.07. The van der Waals surface area contributed by atoms with Crippen LogP contribution in [0.4, 0.5) is 0 Å². The zero-order valence-electron chi connectivity index (χ0n) is 10.4. The van der Waals surface area contributed by atoms with Crippen molar-refractivity contribution in [2.45, 2.75) is 5.25 Å². The Kier molecular flexibility index (Phi) is 3.38. The number of benzene rings is 2. The Bertz CT molecular complexity index is 618. The second-order valence-corrected chi connectivity index (χ2v) is 5.48. The van der Waals surface area contributed by atoms with Crippen molar-refractivity contribution in [1.29, 1.82) is 0 Å². The maximum atomic E-state index is 5.96. The van der Waals surface area contributed by atoms with Gasteiger partial charge in [0.15, 0.2) is 5.17 Å². The molecule has 1 atom stereocenters. The van der Waals surface area contributed by atoms with E-state index in [4.69, 9.17) is 5.73 Å². The van der Waals surface area contributed by atoms with Crippen LogP contribution in [0, 0.1) is 0 Å². The minimum Gasteiger partial charge on any atom is -0.378 e. The lowest BCUT2D eigenvalue weighted by Crippen LogP contribution is -2.12. The van der Waals surface area contributed by atoms with Crippen LogP contribution in [-0.2, 0) is 0 Å². The van der Waals surface area contributed by atoms with Gasteiger partial charge in [-0.25, -0.2) is 4.99 Å². The summed E-state index contributed by atoms with van der Waals surface area (Å²) < 4.78 is 0. The van der Waals surface area contributed by atoms with E-state index in [0.717, 1.165) is 11.3 Å². The van der Waals surface area contributed by atoms with Gasteiger partial charge in [-0.15, -0.1) is 0 Å². The van der Waals surface area contributed by atoms with Crippen molar-refractivity contribution < 1.29 is 0 Å². The molecular weight excluding hydrogens is 252 g/mol. The molecule has 0 radical (unpaired) electrons. The van der Waals surface area contributed by atoms with Gasteiger partial charge in [-0.05, 0) is 17.2 Å². The highest BCUT2D eigenvalue weighted by Crippen LogP contribution is 2.37. The lowest BCUT2D eigenvalue weighted by molar-refractivity contribution is 1.22. The highest BCUT2D eigenvalue weighted by molar-refractivity contribution is 8.14. The van der Waals surface area contributed by atoms with Crippen molar-refractivity contribution in [3.8, 4) is 0 Å². The predicted molar refractivity (Wildman–Crippen MR) is 82.8 cm³/mol. The van der Waals surface area contributed by atoms with E-state index in [2.05, 4.69) is 35.3 Å². The third-order valence-corrected chi connectivity index (χ3v) is 3.98. The third-order valence-electron chi connectivity index (χ3n) is 2.99. The number of hydrogen-bond acceptors (Lipinski definition) is 3. The second-order valence-electron chi connectivity index (χ2n) is 4.32. The van der Waals surface area contributed by atoms with Gasteiger partial charge in [-0.2, -0.15) is 0 Å². The zero-order valence-corrected chi connectivity index (χ0v) is 11.2. The van der Waals surface area contributed by atoms with Gasteiger partial charge in [0.1, 0.15) is 0 Å². The van der Waals surface area contributed by atoms with Crippen LogP contribution in [0.3, 0.4) is 0 Å². The van der Waals surface area contributed by atoms with Crippen molar-refractivity contribution in [2.24, 2.45) is 10.7 Å². The highest BCUT2D eigenvalue weighted by Gasteiger charge is 2.18. The summed E-state index contributed by atoms with van der Waals surface area (Å²) >= 11 is 1.59. The molecule has 1 aliphatic heterocycles. The number of amidine groups is 1. The van der Waals surface area contributed by atoms with E-state index in [0.29, 0.717) is 5.17 Å². The molecule has 0 aliphatic carbocycles. The van der Waals surface area contributed by atoms with Crippen molar-refractivity contribution in [1.82, 2.24) is 0 Å². The normalized spacial score (nSPS) is 18.6. The van der Waals surface area contributed by atoms with E-state index >= 15 is 0 Å². The topological polar surface area (TPSA) is 38.4 Å². The summed E-state index contributed by atoms with van der Waals surface area (Å²) in [6.07, 6.45) is 2.17.